The highest BCUT2D eigenvalue weighted by atomic mass is 35.5. The average Bonchev–Trinajstić information content (AvgIpc) is 2.55. The Kier molecular flexibility index (Phi) is 6.78. The van der Waals surface area contributed by atoms with Gasteiger partial charge in [0.15, 0.2) is 0 Å². The minimum atomic E-state index is -0.397. The molecule has 0 fully saturated rings. The maximum atomic E-state index is 12.2. The quantitative estimate of drug-likeness (QED) is 0.733. The molecule has 0 aliphatic rings. The minimum Gasteiger partial charge on any atom is -0.369 e. The molecule has 2 aromatic rings. The zero-order valence-corrected chi connectivity index (χ0v) is 15.0. The summed E-state index contributed by atoms with van der Waals surface area (Å²) in [5.74, 6) is 0.233. The van der Waals surface area contributed by atoms with Crippen molar-refractivity contribution in [1.82, 2.24) is 14.9 Å². The smallest absolute Gasteiger partial charge is 0.275 e. The van der Waals surface area contributed by atoms with E-state index in [1.165, 1.54) is 12.4 Å². The van der Waals surface area contributed by atoms with E-state index in [0.717, 1.165) is 19.5 Å². The highest BCUT2D eigenvalue weighted by Crippen LogP contribution is 2.25. The lowest BCUT2D eigenvalue weighted by atomic mass is 10.3. The Hall–Kier alpha value is -1.89. The second-order valence-corrected chi connectivity index (χ2v) is 6.29. The van der Waals surface area contributed by atoms with Crippen LogP contribution in [0.2, 0.25) is 10.0 Å². The molecule has 0 atom stereocenters. The summed E-state index contributed by atoms with van der Waals surface area (Å²) in [7, 11) is 4.05. The molecule has 0 aliphatic carbocycles. The number of hydrogen-bond donors (Lipinski definition) is 2. The van der Waals surface area contributed by atoms with Gasteiger partial charge in [-0.05, 0) is 45.3 Å². The van der Waals surface area contributed by atoms with Crippen LogP contribution in [0.3, 0.4) is 0 Å². The van der Waals surface area contributed by atoms with Crippen molar-refractivity contribution >= 4 is 40.6 Å². The normalized spacial score (nSPS) is 10.7. The van der Waals surface area contributed by atoms with Crippen molar-refractivity contribution in [3.05, 3.63) is 46.3 Å². The Balaban J connectivity index is 1.92. The number of halogens is 2. The van der Waals surface area contributed by atoms with E-state index in [0.29, 0.717) is 21.6 Å². The van der Waals surface area contributed by atoms with Gasteiger partial charge in [-0.3, -0.25) is 4.79 Å². The molecule has 1 amide bonds. The standard InChI is InChI=1S/C16H19Cl2N5O/c1-23(2)7-3-6-19-15-10-20-14(9-21-15)16(24)22-13-8-11(17)4-5-12(13)18/h4-5,8-10H,3,6-7H2,1-2H3,(H,19,21)(H,22,24). The van der Waals surface area contributed by atoms with Crippen LogP contribution >= 0.6 is 23.2 Å². The SMILES string of the molecule is CN(C)CCCNc1cnc(C(=O)Nc2cc(Cl)ccc2Cl)cn1. The van der Waals surface area contributed by atoms with Gasteiger partial charge in [-0.25, -0.2) is 9.97 Å². The van der Waals surface area contributed by atoms with Crippen LogP contribution in [0, 0.1) is 0 Å². The monoisotopic (exact) mass is 367 g/mol. The third-order valence-electron chi connectivity index (χ3n) is 3.15. The number of hydrogen-bond acceptors (Lipinski definition) is 5. The largest absolute Gasteiger partial charge is 0.369 e. The molecule has 0 radical (unpaired) electrons. The van der Waals surface area contributed by atoms with Gasteiger partial charge in [0, 0.05) is 11.6 Å². The number of amides is 1. The van der Waals surface area contributed by atoms with Crippen LogP contribution in [0.25, 0.3) is 0 Å². The molecule has 1 aromatic carbocycles. The van der Waals surface area contributed by atoms with E-state index in [1.807, 2.05) is 14.1 Å². The van der Waals surface area contributed by atoms with Gasteiger partial charge in [-0.1, -0.05) is 23.2 Å². The lowest BCUT2D eigenvalue weighted by Gasteiger charge is -2.10. The first-order chi connectivity index (χ1) is 11.5. The summed E-state index contributed by atoms with van der Waals surface area (Å²) in [4.78, 5) is 22.6. The highest BCUT2D eigenvalue weighted by Gasteiger charge is 2.11. The summed E-state index contributed by atoms with van der Waals surface area (Å²) in [5, 5.41) is 6.72. The van der Waals surface area contributed by atoms with E-state index >= 15 is 0 Å². The topological polar surface area (TPSA) is 70.2 Å². The Bertz CT molecular complexity index is 691. The number of carbonyl (C=O) groups excluding carboxylic acids is 1. The number of anilines is 2. The molecule has 0 saturated carbocycles. The van der Waals surface area contributed by atoms with Crippen molar-refractivity contribution in [2.45, 2.75) is 6.42 Å². The fourth-order valence-corrected chi connectivity index (χ4v) is 2.26. The molecule has 24 heavy (non-hydrogen) atoms. The molecule has 1 heterocycles. The van der Waals surface area contributed by atoms with Gasteiger partial charge in [0.05, 0.1) is 23.1 Å². The molecule has 2 rings (SSSR count). The van der Waals surface area contributed by atoms with Crippen LogP contribution in [0.4, 0.5) is 11.5 Å². The molecule has 2 N–H and O–H groups in total. The Morgan fingerprint density at radius 1 is 1.21 bits per heavy atom. The molecule has 0 aliphatic heterocycles. The van der Waals surface area contributed by atoms with Gasteiger partial charge >= 0.3 is 0 Å². The molecular weight excluding hydrogens is 349 g/mol. The van der Waals surface area contributed by atoms with E-state index < -0.39 is 5.91 Å². The lowest BCUT2D eigenvalue weighted by molar-refractivity contribution is 0.102. The lowest BCUT2D eigenvalue weighted by Crippen LogP contribution is -2.17. The number of nitrogens with zero attached hydrogens (tertiary/aromatic N) is 3. The predicted molar refractivity (Wildman–Crippen MR) is 98.1 cm³/mol. The maximum Gasteiger partial charge on any atom is 0.275 e. The van der Waals surface area contributed by atoms with Crippen molar-refractivity contribution in [3.63, 3.8) is 0 Å². The second-order valence-electron chi connectivity index (χ2n) is 5.45. The first-order valence-corrected chi connectivity index (χ1v) is 8.18. The van der Waals surface area contributed by atoms with Crippen LogP contribution in [-0.4, -0.2) is 48.0 Å². The Labute approximate surface area is 151 Å². The first kappa shape index (κ1) is 18.4. The van der Waals surface area contributed by atoms with Gasteiger partial charge < -0.3 is 15.5 Å². The van der Waals surface area contributed by atoms with Gasteiger partial charge in [0.1, 0.15) is 11.5 Å². The number of rotatable bonds is 7. The zero-order valence-electron chi connectivity index (χ0n) is 13.5. The summed E-state index contributed by atoms with van der Waals surface area (Å²) in [5.41, 5.74) is 0.631. The third kappa shape index (κ3) is 5.63. The third-order valence-corrected chi connectivity index (χ3v) is 3.71. The summed E-state index contributed by atoms with van der Waals surface area (Å²) in [6.45, 7) is 1.78. The van der Waals surface area contributed by atoms with Crippen LogP contribution in [0.15, 0.2) is 30.6 Å². The van der Waals surface area contributed by atoms with Crippen molar-refractivity contribution in [1.29, 1.82) is 0 Å². The van der Waals surface area contributed by atoms with Gasteiger partial charge in [-0.2, -0.15) is 0 Å². The fraction of sp³-hybridized carbons (Fsp3) is 0.312. The summed E-state index contributed by atoms with van der Waals surface area (Å²) in [6.07, 6.45) is 3.94. The van der Waals surface area contributed by atoms with Gasteiger partial charge in [-0.15, -0.1) is 0 Å². The number of benzene rings is 1. The Morgan fingerprint density at radius 2 is 2.00 bits per heavy atom. The summed E-state index contributed by atoms with van der Waals surface area (Å²) >= 11 is 11.9. The van der Waals surface area contributed by atoms with Crippen molar-refractivity contribution < 1.29 is 4.79 Å². The van der Waals surface area contributed by atoms with Gasteiger partial charge in [0.25, 0.3) is 5.91 Å². The number of carbonyl (C=O) groups is 1. The van der Waals surface area contributed by atoms with Crippen molar-refractivity contribution in [2.24, 2.45) is 0 Å². The molecule has 0 saturated heterocycles. The van der Waals surface area contributed by atoms with Crippen molar-refractivity contribution in [3.8, 4) is 0 Å². The van der Waals surface area contributed by atoms with Gasteiger partial charge in [0.2, 0.25) is 0 Å². The predicted octanol–water partition coefficient (Wildman–Crippen LogP) is 3.40. The van der Waals surface area contributed by atoms with E-state index in [2.05, 4.69) is 25.5 Å². The highest BCUT2D eigenvalue weighted by molar-refractivity contribution is 6.35. The molecule has 0 unspecified atom stereocenters. The van der Waals surface area contributed by atoms with Crippen LogP contribution < -0.4 is 10.6 Å². The van der Waals surface area contributed by atoms with Crippen LogP contribution in [-0.2, 0) is 0 Å². The van der Waals surface area contributed by atoms with E-state index in [1.54, 1.807) is 18.2 Å². The summed E-state index contributed by atoms with van der Waals surface area (Å²) < 4.78 is 0. The second kappa shape index (κ2) is 8.82. The zero-order chi connectivity index (χ0) is 17.5. The van der Waals surface area contributed by atoms with Crippen molar-refractivity contribution in [2.75, 3.05) is 37.8 Å². The van der Waals surface area contributed by atoms with Crippen LogP contribution in [0.5, 0.6) is 0 Å². The molecule has 6 nitrogen and oxygen atoms in total. The number of aromatic nitrogens is 2. The maximum absolute atomic E-state index is 12.2. The van der Waals surface area contributed by atoms with E-state index in [9.17, 15) is 4.79 Å². The van der Waals surface area contributed by atoms with E-state index in [4.69, 9.17) is 23.2 Å². The van der Waals surface area contributed by atoms with Crippen LogP contribution in [0.1, 0.15) is 16.9 Å². The summed E-state index contributed by atoms with van der Waals surface area (Å²) in [6, 6.07) is 4.85. The Morgan fingerprint density at radius 3 is 2.67 bits per heavy atom. The number of nitrogens with one attached hydrogen (secondary N) is 2. The molecule has 8 heteroatoms. The molecule has 1 aromatic heterocycles. The molecular formula is C16H19Cl2N5O. The molecule has 0 bridgehead atoms. The fourth-order valence-electron chi connectivity index (χ4n) is 1.93. The first-order valence-electron chi connectivity index (χ1n) is 7.43. The average molecular weight is 368 g/mol. The van der Waals surface area contributed by atoms with E-state index in [-0.39, 0.29) is 5.69 Å². The molecule has 0 spiro atoms. The molecule has 128 valence electrons. The minimum absolute atomic E-state index is 0.199.